The van der Waals surface area contributed by atoms with Gasteiger partial charge in [-0.15, -0.1) is 12.4 Å². The molecule has 0 aliphatic carbocycles. The van der Waals surface area contributed by atoms with E-state index in [1.807, 2.05) is 41.4 Å². The van der Waals surface area contributed by atoms with Gasteiger partial charge in [-0.25, -0.2) is 4.68 Å². The summed E-state index contributed by atoms with van der Waals surface area (Å²) in [7, 11) is 0. The maximum absolute atomic E-state index is 12.6. The van der Waals surface area contributed by atoms with Gasteiger partial charge >= 0.3 is 0 Å². The van der Waals surface area contributed by atoms with Crippen LogP contribution in [0.25, 0.3) is 5.69 Å². The molecule has 1 aliphatic heterocycles. The Balaban J connectivity index is 0.00000161. The van der Waals surface area contributed by atoms with E-state index >= 15 is 0 Å². The summed E-state index contributed by atoms with van der Waals surface area (Å²) in [6, 6.07) is 9.70. The van der Waals surface area contributed by atoms with Gasteiger partial charge in [0.25, 0.3) is 5.91 Å². The largest absolute Gasteiger partial charge is 0.333 e. The predicted molar refractivity (Wildman–Crippen MR) is 84.2 cm³/mol. The number of carbonyl (C=O) groups is 1. The molecule has 21 heavy (non-hydrogen) atoms. The number of amides is 1. The third-order valence-corrected chi connectivity index (χ3v) is 3.62. The van der Waals surface area contributed by atoms with Gasteiger partial charge in [0.15, 0.2) is 0 Å². The number of piperazine rings is 1. The van der Waals surface area contributed by atoms with Crippen molar-refractivity contribution in [2.75, 3.05) is 19.6 Å². The van der Waals surface area contributed by atoms with Crippen molar-refractivity contribution in [1.82, 2.24) is 20.0 Å². The van der Waals surface area contributed by atoms with E-state index in [-0.39, 0.29) is 24.4 Å². The lowest BCUT2D eigenvalue weighted by molar-refractivity contribution is 0.0655. The quantitative estimate of drug-likeness (QED) is 0.919. The molecule has 1 aromatic carbocycles. The molecule has 1 amide bonds. The molecule has 1 aliphatic rings. The fourth-order valence-electron chi connectivity index (χ4n) is 2.51. The van der Waals surface area contributed by atoms with Crippen LogP contribution < -0.4 is 5.32 Å². The van der Waals surface area contributed by atoms with E-state index < -0.39 is 0 Å². The van der Waals surface area contributed by atoms with Crippen LogP contribution in [0.3, 0.4) is 0 Å². The number of halogens is 1. The summed E-state index contributed by atoms with van der Waals surface area (Å²) in [6.07, 6.45) is 3.60. The Morgan fingerprint density at radius 3 is 2.95 bits per heavy atom. The second-order valence-electron chi connectivity index (χ2n) is 5.05. The molecule has 112 valence electrons. The molecular weight excluding hydrogens is 288 g/mol. The summed E-state index contributed by atoms with van der Waals surface area (Å²) < 4.78 is 1.76. The minimum absolute atomic E-state index is 0. The fraction of sp³-hybridized carbons (Fsp3) is 0.333. The highest BCUT2D eigenvalue weighted by Gasteiger charge is 2.24. The Hall–Kier alpha value is -1.85. The van der Waals surface area contributed by atoms with Crippen molar-refractivity contribution in [2.45, 2.75) is 13.0 Å². The second kappa shape index (κ2) is 6.74. The summed E-state index contributed by atoms with van der Waals surface area (Å²) in [5.41, 5.74) is 1.62. The van der Waals surface area contributed by atoms with Crippen molar-refractivity contribution in [1.29, 1.82) is 0 Å². The van der Waals surface area contributed by atoms with E-state index in [4.69, 9.17) is 0 Å². The number of hydrogen-bond donors (Lipinski definition) is 1. The highest BCUT2D eigenvalue weighted by Crippen LogP contribution is 2.14. The van der Waals surface area contributed by atoms with Gasteiger partial charge in [0.2, 0.25) is 0 Å². The Bertz CT molecular complexity index is 599. The molecule has 2 aromatic rings. The van der Waals surface area contributed by atoms with Gasteiger partial charge in [-0.05, 0) is 31.2 Å². The Labute approximate surface area is 130 Å². The molecule has 1 atom stereocenters. The molecule has 1 fully saturated rings. The lowest BCUT2D eigenvalue weighted by Gasteiger charge is -2.34. The normalized spacial score (nSPS) is 18.1. The number of carbonyl (C=O) groups excluding carboxylic acids is 1. The number of rotatable bonds is 2. The van der Waals surface area contributed by atoms with Crippen LogP contribution in [0.2, 0.25) is 0 Å². The minimum atomic E-state index is 0. The van der Waals surface area contributed by atoms with E-state index in [2.05, 4.69) is 17.3 Å². The lowest BCUT2D eigenvalue weighted by atomic mass is 10.1. The number of nitrogens with one attached hydrogen (secondary N) is 1. The SMILES string of the molecule is C[C@@H]1CNCCN1C(=O)c1cccc(-n2cccn2)c1.Cl. The number of aromatic nitrogens is 2. The highest BCUT2D eigenvalue weighted by molar-refractivity contribution is 5.95. The molecule has 6 heteroatoms. The average molecular weight is 307 g/mol. The monoisotopic (exact) mass is 306 g/mol. The van der Waals surface area contributed by atoms with Crippen molar-refractivity contribution in [3.8, 4) is 5.69 Å². The van der Waals surface area contributed by atoms with Crippen LogP contribution in [0, 0.1) is 0 Å². The smallest absolute Gasteiger partial charge is 0.254 e. The van der Waals surface area contributed by atoms with Crippen LogP contribution in [0.5, 0.6) is 0 Å². The van der Waals surface area contributed by atoms with Gasteiger partial charge in [-0.1, -0.05) is 6.07 Å². The summed E-state index contributed by atoms with van der Waals surface area (Å²) in [6.45, 7) is 4.53. The van der Waals surface area contributed by atoms with Gasteiger partial charge in [0, 0.05) is 43.6 Å². The molecule has 2 heterocycles. The average Bonchev–Trinajstić information content (AvgIpc) is 3.01. The zero-order chi connectivity index (χ0) is 13.9. The molecule has 1 N–H and O–H groups in total. The number of hydrogen-bond acceptors (Lipinski definition) is 3. The first-order valence-electron chi connectivity index (χ1n) is 6.87. The van der Waals surface area contributed by atoms with E-state index in [1.165, 1.54) is 0 Å². The molecule has 0 unspecified atom stereocenters. The van der Waals surface area contributed by atoms with Crippen LogP contribution in [-0.2, 0) is 0 Å². The Morgan fingerprint density at radius 1 is 1.38 bits per heavy atom. The first-order chi connectivity index (χ1) is 9.75. The van der Waals surface area contributed by atoms with Crippen molar-refractivity contribution >= 4 is 18.3 Å². The van der Waals surface area contributed by atoms with Crippen molar-refractivity contribution in [3.05, 3.63) is 48.3 Å². The summed E-state index contributed by atoms with van der Waals surface area (Å²) >= 11 is 0. The van der Waals surface area contributed by atoms with Crippen LogP contribution in [-0.4, -0.2) is 46.3 Å². The Morgan fingerprint density at radius 2 is 2.24 bits per heavy atom. The van der Waals surface area contributed by atoms with E-state index in [1.54, 1.807) is 10.9 Å². The molecule has 0 bridgehead atoms. The minimum Gasteiger partial charge on any atom is -0.333 e. The van der Waals surface area contributed by atoms with E-state index in [0.29, 0.717) is 5.56 Å². The topological polar surface area (TPSA) is 50.2 Å². The predicted octanol–water partition coefficient (Wildman–Crippen LogP) is 1.73. The summed E-state index contributed by atoms with van der Waals surface area (Å²) in [4.78, 5) is 14.5. The van der Waals surface area contributed by atoms with Crippen molar-refractivity contribution in [3.63, 3.8) is 0 Å². The molecule has 5 nitrogen and oxygen atoms in total. The van der Waals surface area contributed by atoms with Crippen LogP contribution >= 0.6 is 12.4 Å². The third kappa shape index (κ3) is 3.25. The summed E-state index contributed by atoms with van der Waals surface area (Å²) in [5.74, 6) is 0.0907. The molecule has 0 radical (unpaired) electrons. The summed E-state index contributed by atoms with van der Waals surface area (Å²) in [5, 5.41) is 7.49. The van der Waals surface area contributed by atoms with Crippen molar-refractivity contribution in [2.24, 2.45) is 0 Å². The zero-order valence-corrected chi connectivity index (χ0v) is 12.7. The first-order valence-corrected chi connectivity index (χ1v) is 6.87. The van der Waals surface area contributed by atoms with Gasteiger partial charge in [0.1, 0.15) is 0 Å². The molecule has 0 saturated carbocycles. The second-order valence-corrected chi connectivity index (χ2v) is 5.05. The molecule has 1 saturated heterocycles. The molecule has 1 aromatic heterocycles. The first kappa shape index (κ1) is 15.5. The van der Waals surface area contributed by atoms with Crippen LogP contribution in [0.15, 0.2) is 42.7 Å². The van der Waals surface area contributed by atoms with E-state index in [9.17, 15) is 4.79 Å². The highest BCUT2D eigenvalue weighted by atomic mass is 35.5. The zero-order valence-electron chi connectivity index (χ0n) is 11.9. The Kier molecular flexibility index (Phi) is 4.98. The standard InChI is InChI=1S/C15H18N4O.ClH/c1-12-11-16-7-9-18(12)15(20)13-4-2-5-14(10-13)19-8-3-6-17-19;/h2-6,8,10,12,16H,7,9,11H2,1H3;1H/t12-;/m1./s1. The van der Waals surface area contributed by atoms with Crippen LogP contribution in [0.1, 0.15) is 17.3 Å². The van der Waals surface area contributed by atoms with E-state index in [0.717, 1.165) is 25.3 Å². The molecular formula is C15H19ClN4O. The third-order valence-electron chi connectivity index (χ3n) is 3.62. The van der Waals surface area contributed by atoms with Gasteiger partial charge < -0.3 is 10.2 Å². The van der Waals surface area contributed by atoms with Gasteiger partial charge in [-0.2, -0.15) is 5.10 Å². The number of nitrogens with zero attached hydrogens (tertiary/aromatic N) is 3. The van der Waals surface area contributed by atoms with Crippen LogP contribution in [0.4, 0.5) is 0 Å². The lowest BCUT2D eigenvalue weighted by Crippen LogP contribution is -2.52. The maximum Gasteiger partial charge on any atom is 0.254 e. The molecule has 0 spiro atoms. The molecule has 3 rings (SSSR count). The fourth-order valence-corrected chi connectivity index (χ4v) is 2.51. The van der Waals surface area contributed by atoms with Crippen molar-refractivity contribution < 1.29 is 4.79 Å². The van der Waals surface area contributed by atoms with Gasteiger partial charge in [0.05, 0.1) is 5.69 Å². The number of benzene rings is 1. The van der Waals surface area contributed by atoms with Gasteiger partial charge in [-0.3, -0.25) is 4.79 Å². The maximum atomic E-state index is 12.6.